The minimum absolute atomic E-state index is 0.714. The quantitative estimate of drug-likeness (QED) is 0.549. The van der Waals surface area contributed by atoms with Crippen molar-refractivity contribution in [3.8, 4) is 5.75 Å². The Balaban J connectivity index is 1.65. The molecule has 0 heterocycles. The van der Waals surface area contributed by atoms with Gasteiger partial charge in [-0.2, -0.15) is 0 Å². The Morgan fingerprint density at radius 3 is 2.61 bits per heavy atom. The first-order valence-electron chi connectivity index (χ1n) is 5.91. The zero-order valence-electron chi connectivity index (χ0n) is 10.0. The van der Waals surface area contributed by atoms with E-state index in [0.29, 0.717) is 5.02 Å². The lowest BCUT2D eigenvalue weighted by Crippen LogP contribution is -1.98. The smallest absolute Gasteiger partial charge is 0.120 e. The highest BCUT2D eigenvalue weighted by atomic mass is 35.5. The van der Waals surface area contributed by atoms with Crippen molar-refractivity contribution in [1.82, 2.24) is 0 Å². The average molecular weight is 279 g/mol. The summed E-state index contributed by atoms with van der Waals surface area (Å²) in [5.41, 5.74) is 0. The molecular weight excluding hydrogens is 264 g/mol. The van der Waals surface area contributed by atoms with Crippen LogP contribution in [0.2, 0.25) is 5.02 Å². The number of hydrogen-bond donors (Lipinski definition) is 0. The van der Waals surface area contributed by atoms with Crippen molar-refractivity contribution in [2.75, 3.05) is 12.4 Å². The Morgan fingerprint density at radius 1 is 1.00 bits per heavy atom. The van der Waals surface area contributed by atoms with Gasteiger partial charge in [0.25, 0.3) is 0 Å². The summed E-state index contributed by atoms with van der Waals surface area (Å²) >= 11 is 7.73. The monoisotopic (exact) mass is 278 g/mol. The third kappa shape index (κ3) is 4.63. The van der Waals surface area contributed by atoms with E-state index < -0.39 is 0 Å². The van der Waals surface area contributed by atoms with Crippen LogP contribution in [0, 0.1) is 0 Å². The highest BCUT2D eigenvalue weighted by Gasteiger charge is 1.96. The fourth-order valence-corrected chi connectivity index (χ4v) is 2.54. The van der Waals surface area contributed by atoms with E-state index in [4.69, 9.17) is 16.3 Å². The van der Waals surface area contributed by atoms with Gasteiger partial charge in [0.15, 0.2) is 0 Å². The van der Waals surface area contributed by atoms with Crippen LogP contribution < -0.4 is 4.74 Å². The van der Waals surface area contributed by atoms with E-state index in [0.717, 1.165) is 24.5 Å². The Labute approximate surface area is 117 Å². The molecule has 0 unspecified atom stereocenters. The Morgan fingerprint density at radius 2 is 1.83 bits per heavy atom. The molecule has 0 fully saturated rings. The Hall–Kier alpha value is -1.12. The minimum Gasteiger partial charge on any atom is -0.494 e. The van der Waals surface area contributed by atoms with Crippen LogP contribution in [0.5, 0.6) is 5.75 Å². The van der Waals surface area contributed by atoms with Gasteiger partial charge in [-0.1, -0.05) is 35.9 Å². The number of hydrogen-bond acceptors (Lipinski definition) is 2. The summed E-state index contributed by atoms with van der Waals surface area (Å²) in [5, 5.41) is 0.714. The average Bonchev–Trinajstić information content (AvgIpc) is 2.40. The number of benzene rings is 2. The molecule has 18 heavy (non-hydrogen) atoms. The van der Waals surface area contributed by atoms with Crippen molar-refractivity contribution in [2.45, 2.75) is 11.3 Å². The van der Waals surface area contributed by atoms with Crippen LogP contribution in [0.25, 0.3) is 0 Å². The molecule has 0 radical (unpaired) electrons. The van der Waals surface area contributed by atoms with Crippen LogP contribution in [-0.2, 0) is 0 Å². The SMILES string of the molecule is Clc1cccc(OCCCSc2ccccc2)c1. The number of thioether (sulfide) groups is 1. The second-order valence-electron chi connectivity index (χ2n) is 3.82. The summed E-state index contributed by atoms with van der Waals surface area (Å²) in [6, 6.07) is 17.9. The molecule has 0 saturated heterocycles. The normalized spacial score (nSPS) is 10.3. The highest BCUT2D eigenvalue weighted by molar-refractivity contribution is 7.99. The van der Waals surface area contributed by atoms with E-state index in [1.54, 1.807) is 0 Å². The van der Waals surface area contributed by atoms with Gasteiger partial charge in [-0.05, 0) is 36.8 Å². The molecule has 0 amide bonds. The molecule has 0 aromatic heterocycles. The molecule has 1 nitrogen and oxygen atoms in total. The van der Waals surface area contributed by atoms with Crippen molar-refractivity contribution in [2.24, 2.45) is 0 Å². The summed E-state index contributed by atoms with van der Waals surface area (Å²) in [7, 11) is 0. The number of ether oxygens (including phenoxy) is 1. The second-order valence-corrected chi connectivity index (χ2v) is 5.43. The molecule has 2 aromatic rings. The van der Waals surface area contributed by atoms with Crippen LogP contribution in [0.3, 0.4) is 0 Å². The van der Waals surface area contributed by atoms with Crippen molar-refractivity contribution in [3.05, 3.63) is 59.6 Å². The van der Waals surface area contributed by atoms with Crippen LogP contribution in [0.1, 0.15) is 6.42 Å². The van der Waals surface area contributed by atoms with Crippen LogP contribution >= 0.6 is 23.4 Å². The first-order valence-corrected chi connectivity index (χ1v) is 7.27. The summed E-state index contributed by atoms with van der Waals surface area (Å²) in [6.07, 6.45) is 1.02. The van der Waals surface area contributed by atoms with E-state index in [2.05, 4.69) is 24.3 Å². The molecule has 0 spiro atoms. The molecule has 2 aromatic carbocycles. The molecule has 0 aliphatic carbocycles. The van der Waals surface area contributed by atoms with E-state index in [-0.39, 0.29) is 0 Å². The zero-order valence-corrected chi connectivity index (χ0v) is 11.6. The molecule has 0 bridgehead atoms. The molecule has 0 aliphatic rings. The van der Waals surface area contributed by atoms with Crippen molar-refractivity contribution in [3.63, 3.8) is 0 Å². The molecule has 3 heteroatoms. The van der Waals surface area contributed by atoms with Crippen LogP contribution in [-0.4, -0.2) is 12.4 Å². The largest absolute Gasteiger partial charge is 0.494 e. The van der Waals surface area contributed by atoms with Crippen LogP contribution in [0.15, 0.2) is 59.5 Å². The van der Waals surface area contributed by atoms with Crippen molar-refractivity contribution < 1.29 is 4.74 Å². The maximum absolute atomic E-state index is 5.88. The Kier molecular flexibility index (Phi) is 5.43. The van der Waals surface area contributed by atoms with Gasteiger partial charge >= 0.3 is 0 Å². The van der Waals surface area contributed by atoms with E-state index >= 15 is 0 Å². The zero-order chi connectivity index (χ0) is 12.6. The van der Waals surface area contributed by atoms with Crippen LogP contribution in [0.4, 0.5) is 0 Å². The first kappa shape index (κ1) is 13.3. The summed E-state index contributed by atoms with van der Waals surface area (Å²) in [5.74, 6) is 1.90. The van der Waals surface area contributed by atoms with E-state index in [9.17, 15) is 0 Å². The predicted molar refractivity (Wildman–Crippen MR) is 78.7 cm³/mol. The van der Waals surface area contributed by atoms with Gasteiger partial charge in [-0.25, -0.2) is 0 Å². The molecule has 0 aliphatic heterocycles. The molecule has 0 saturated carbocycles. The van der Waals surface area contributed by atoms with Gasteiger partial charge in [0, 0.05) is 15.7 Å². The molecule has 0 atom stereocenters. The lowest BCUT2D eigenvalue weighted by atomic mass is 10.3. The first-order chi connectivity index (χ1) is 8.84. The van der Waals surface area contributed by atoms with E-state index in [1.807, 2.05) is 42.1 Å². The molecule has 94 valence electrons. The number of rotatable bonds is 6. The highest BCUT2D eigenvalue weighted by Crippen LogP contribution is 2.19. The maximum Gasteiger partial charge on any atom is 0.120 e. The third-order valence-corrected chi connectivity index (χ3v) is 3.70. The molecule has 2 rings (SSSR count). The van der Waals surface area contributed by atoms with Gasteiger partial charge < -0.3 is 4.74 Å². The summed E-state index contributed by atoms with van der Waals surface area (Å²) in [4.78, 5) is 1.31. The minimum atomic E-state index is 0.714. The van der Waals surface area contributed by atoms with Gasteiger partial charge in [-0.15, -0.1) is 11.8 Å². The van der Waals surface area contributed by atoms with Gasteiger partial charge in [-0.3, -0.25) is 0 Å². The lowest BCUT2D eigenvalue weighted by molar-refractivity contribution is 0.319. The van der Waals surface area contributed by atoms with Gasteiger partial charge in [0.05, 0.1) is 6.61 Å². The Bertz CT molecular complexity index is 473. The lowest BCUT2D eigenvalue weighted by Gasteiger charge is -2.06. The third-order valence-electron chi connectivity index (χ3n) is 2.37. The summed E-state index contributed by atoms with van der Waals surface area (Å²) < 4.78 is 5.63. The topological polar surface area (TPSA) is 9.23 Å². The molecular formula is C15H15ClOS. The predicted octanol–water partition coefficient (Wildman–Crippen LogP) is 4.90. The molecule has 0 N–H and O–H groups in total. The number of halogens is 1. The van der Waals surface area contributed by atoms with Crippen molar-refractivity contribution >= 4 is 23.4 Å². The van der Waals surface area contributed by atoms with Gasteiger partial charge in [0.1, 0.15) is 5.75 Å². The maximum atomic E-state index is 5.88. The summed E-state index contributed by atoms with van der Waals surface area (Å²) in [6.45, 7) is 0.722. The van der Waals surface area contributed by atoms with Crippen molar-refractivity contribution in [1.29, 1.82) is 0 Å². The second kappa shape index (κ2) is 7.34. The fourth-order valence-electron chi connectivity index (χ4n) is 1.51. The standard InChI is InChI=1S/C15H15ClOS/c16-13-6-4-7-14(12-13)17-10-5-11-18-15-8-2-1-3-9-15/h1-4,6-9,12H,5,10-11H2. The fraction of sp³-hybridized carbons (Fsp3) is 0.200. The van der Waals surface area contributed by atoms with E-state index in [1.165, 1.54) is 4.90 Å². The van der Waals surface area contributed by atoms with Gasteiger partial charge in [0.2, 0.25) is 0 Å².